The molecule has 0 spiro atoms. The zero-order valence-corrected chi connectivity index (χ0v) is 26.8. The maximum atomic E-state index is 13.1. The van der Waals surface area contributed by atoms with Gasteiger partial charge in [-0.3, -0.25) is 9.36 Å². The van der Waals surface area contributed by atoms with Gasteiger partial charge in [-0.1, -0.05) is 35.3 Å². The lowest BCUT2D eigenvalue weighted by atomic mass is 10.1. The fourth-order valence-electron chi connectivity index (χ4n) is 6.47. The summed E-state index contributed by atoms with van der Waals surface area (Å²) >= 11 is 12.5. The van der Waals surface area contributed by atoms with E-state index in [0.29, 0.717) is 40.1 Å². The smallest absolute Gasteiger partial charge is 0.252 e. The van der Waals surface area contributed by atoms with Gasteiger partial charge in [0.05, 0.1) is 6.33 Å². The Morgan fingerprint density at radius 1 is 1.02 bits per heavy atom. The highest BCUT2D eigenvalue weighted by molar-refractivity contribution is 6.31. The second-order valence-corrected chi connectivity index (χ2v) is 13.5. The molecule has 2 saturated heterocycles. The zero-order chi connectivity index (χ0) is 31.6. The van der Waals surface area contributed by atoms with Crippen molar-refractivity contribution in [2.75, 3.05) is 11.9 Å². The van der Waals surface area contributed by atoms with Crippen molar-refractivity contribution >= 4 is 57.0 Å². The number of benzene rings is 2. The number of ether oxygens (including phenoxy) is 3. The SMILES string of the molecule is CC1(C)O[C@@H]2[C@H](O1)[C@@H](C(=O)NC1CC1)O[C@H]2n1cnc2c(NCCc3cn(Cc4ccc(Cl)cc4)c4ccc(Cl)cc34)ncnc21. The van der Waals surface area contributed by atoms with Crippen molar-refractivity contribution in [2.45, 2.75) is 76.0 Å². The van der Waals surface area contributed by atoms with Crippen LogP contribution in [-0.4, -0.2) is 66.7 Å². The molecule has 5 heterocycles. The maximum absolute atomic E-state index is 13.1. The van der Waals surface area contributed by atoms with Crippen LogP contribution in [0.3, 0.4) is 0 Å². The van der Waals surface area contributed by atoms with Crippen LogP contribution in [0.15, 0.2) is 61.3 Å². The molecule has 238 valence electrons. The summed E-state index contributed by atoms with van der Waals surface area (Å²) in [4.78, 5) is 26.8. The molecule has 1 aliphatic carbocycles. The highest BCUT2D eigenvalue weighted by atomic mass is 35.5. The lowest BCUT2D eigenvalue weighted by Crippen LogP contribution is -2.43. The quantitative estimate of drug-likeness (QED) is 0.213. The summed E-state index contributed by atoms with van der Waals surface area (Å²) in [6.07, 6.45) is 5.52. The first kappa shape index (κ1) is 29.6. The minimum absolute atomic E-state index is 0.182. The van der Waals surface area contributed by atoms with Crippen molar-refractivity contribution in [1.29, 1.82) is 0 Å². The van der Waals surface area contributed by atoms with Gasteiger partial charge in [-0.2, -0.15) is 0 Å². The van der Waals surface area contributed by atoms with Crippen molar-refractivity contribution in [3.63, 3.8) is 0 Å². The molecule has 3 aliphatic rings. The number of aromatic nitrogens is 5. The highest BCUT2D eigenvalue weighted by Crippen LogP contribution is 2.44. The normalized spacial score (nSPS) is 23.7. The second-order valence-electron chi connectivity index (χ2n) is 12.6. The van der Waals surface area contributed by atoms with E-state index in [1.54, 1.807) is 10.9 Å². The number of amides is 1. The van der Waals surface area contributed by atoms with Crippen LogP contribution in [0.5, 0.6) is 0 Å². The number of carbonyl (C=O) groups is 1. The predicted octanol–water partition coefficient (Wildman–Crippen LogP) is 5.49. The molecule has 0 bridgehead atoms. The molecule has 0 radical (unpaired) electrons. The molecule has 11 nitrogen and oxygen atoms in total. The maximum Gasteiger partial charge on any atom is 0.252 e. The molecule has 4 atom stereocenters. The summed E-state index contributed by atoms with van der Waals surface area (Å²) in [5, 5.41) is 9.01. The molecule has 3 fully saturated rings. The number of fused-ring (bicyclic) bond motifs is 3. The molecule has 5 aromatic rings. The fraction of sp³-hybridized carbons (Fsp3) is 0.394. The van der Waals surface area contributed by atoms with Crippen LogP contribution in [0.4, 0.5) is 5.82 Å². The Labute approximate surface area is 275 Å². The molecule has 2 aliphatic heterocycles. The fourth-order valence-corrected chi connectivity index (χ4v) is 6.76. The lowest BCUT2D eigenvalue weighted by molar-refractivity contribution is -0.197. The molecule has 2 aromatic carbocycles. The van der Waals surface area contributed by atoms with Gasteiger partial charge in [-0.05, 0) is 74.6 Å². The number of rotatable bonds is 9. The van der Waals surface area contributed by atoms with Gasteiger partial charge in [-0.15, -0.1) is 0 Å². The van der Waals surface area contributed by atoms with Crippen LogP contribution in [-0.2, 0) is 32.0 Å². The summed E-state index contributed by atoms with van der Waals surface area (Å²) < 4.78 is 22.7. The number of imidazole rings is 1. The first-order chi connectivity index (χ1) is 22.2. The Bertz CT molecular complexity index is 1940. The van der Waals surface area contributed by atoms with Gasteiger partial charge in [0.25, 0.3) is 5.91 Å². The monoisotopic (exact) mass is 661 g/mol. The summed E-state index contributed by atoms with van der Waals surface area (Å²) in [5.74, 6) is -0.429. The number of nitrogens with one attached hydrogen (secondary N) is 2. The second kappa shape index (κ2) is 11.5. The number of nitrogens with zero attached hydrogens (tertiary/aromatic N) is 5. The zero-order valence-electron chi connectivity index (χ0n) is 25.3. The van der Waals surface area contributed by atoms with Gasteiger partial charge in [0.1, 0.15) is 18.5 Å². The number of hydrogen-bond acceptors (Lipinski definition) is 8. The van der Waals surface area contributed by atoms with E-state index in [1.807, 2.05) is 50.2 Å². The van der Waals surface area contributed by atoms with E-state index < -0.39 is 30.3 Å². The van der Waals surface area contributed by atoms with Crippen molar-refractivity contribution in [2.24, 2.45) is 0 Å². The van der Waals surface area contributed by atoms with Crippen LogP contribution < -0.4 is 10.6 Å². The van der Waals surface area contributed by atoms with Crippen LogP contribution in [0.25, 0.3) is 22.1 Å². The third-order valence-corrected chi connectivity index (χ3v) is 9.21. The largest absolute Gasteiger partial charge is 0.368 e. The summed E-state index contributed by atoms with van der Waals surface area (Å²) in [5.41, 5.74) is 4.60. The van der Waals surface area contributed by atoms with Gasteiger partial charge in [0.15, 0.2) is 35.1 Å². The van der Waals surface area contributed by atoms with Crippen molar-refractivity contribution in [1.82, 2.24) is 29.4 Å². The Hall–Kier alpha value is -3.74. The molecule has 1 saturated carbocycles. The Morgan fingerprint density at radius 3 is 2.61 bits per heavy atom. The molecule has 2 N–H and O–H groups in total. The van der Waals surface area contributed by atoms with Crippen LogP contribution in [0.1, 0.15) is 44.0 Å². The van der Waals surface area contributed by atoms with Gasteiger partial charge in [0, 0.05) is 46.3 Å². The third-order valence-electron chi connectivity index (χ3n) is 8.72. The van der Waals surface area contributed by atoms with E-state index in [-0.39, 0.29) is 11.9 Å². The molecule has 0 unspecified atom stereocenters. The topological polar surface area (TPSA) is 117 Å². The standard InChI is InChI=1S/C33H33Cl2N7O4/c1-33(2)45-26-27(31(43)40-22-8-9-22)44-32(28(26)46-33)42-17-39-25-29(37-16-38-30(25)42)36-12-11-19-15-41(14-18-3-5-20(34)6-4-18)24-10-7-21(35)13-23(19)24/h3-7,10,13,15-17,22,26-28,32H,8-9,11-12,14H2,1-2H3,(H,40,43)(H,36,37,38)/t26-,27+,28-,32-/m1/s1. The van der Waals surface area contributed by atoms with E-state index in [2.05, 4.69) is 42.4 Å². The summed E-state index contributed by atoms with van der Waals surface area (Å²) in [7, 11) is 0. The number of halogens is 2. The van der Waals surface area contributed by atoms with Crippen LogP contribution in [0.2, 0.25) is 10.0 Å². The highest BCUT2D eigenvalue weighted by Gasteiger charge is 2.58. The number of anilines is 1. The van der Waals surface area contributed by atoms with Gasteiger partial charge < -0.3 is 29.4 Å². The first-order valence-corrected chi connectivity index (χ1v) is 16.2. The number of hydrogen-bond donors (Lipinski definition) is 2. The Morgan fingerprint density at radius 2 is 1.80 bits per heavy atom. The van der Waals surface area contributed by atoms with E-state index in [4.69, 9.17) is 37.4 Å². The van der Waals surface area contributed by atoms with E-state index in [1.165, 1.54) is 6.33 Å². The molecule has 8 rings (SSSR count). The van der Waals surface area contributed by atoms with Gasteiger partial charge in [0.2, 0.25) is 0 Å². The van der Waals surface area contributed by atoms with Crippen molar-refractivity contribution in [3.8, 4) is 0 Å². The van der Waals surface area contributed by atoms with Crippen LogP contribution in [0, 0.1) is 0 Å². The molecule has 1 amide bonds. The molecule has 3 aromatic heterocycles. The Balaban J connectivity index is 1.02. The lowest BCUT2D eigenvalue weighted by Gasteiger charge is -2.24. The van der Waals surface area contributed by atoms with E-state index in [9.17, 15) is 4.79 Å². The third kappa shape index (κ3) is 5.60. The average Bonchev–Trinajstić information content (AvgIpc) is 3.32. The van der Waals surface area contributed by atoms with E-state index >= 15 is 0 Å². The molecule has 13 heteroatoms. The average molecular weight is 663 g/mol. The predicted molar refractivity (Wildman–Crippen MR) is 174 cm³/mol. The molecular formula is C33H33Cl2N7O4. The molecule has 46 heavy (non-hydrogen) atoms. The van der Waals surface area contributed by atoms with Crippen molar-refractivity contribution in [3.05, 3.63) is 82.5 Å². The summed E-state index contributed by atoms with van der Waals surface area (Å²) in [6, 6.07) is 14.1. The summed E-state index contributed by atoms with van der Waals surface area (Å²) in [6.45, 7) is 5.01. The first-order valence-electron chi connectivity index (χ1n) is 15.5. The van der Waals surface area contributed by atoms with Gasteiger partial charge >= 0.3 is 0 Å². The molecular weight excluding hydrogens is 629 g/mol. The Kier molecular flexibility index (Phi) is 7.41. The van der Waals surface area contributed by atoms with Crippen LogP contribution >= 0.6 is 23.2 Å². The van der Waals surface area contributed by atoms with Crippen molar-refractivity contribution < 1.29 is 19.0 Å². The minimum atomic E-state index is -0.851. The minimum Gasteiger partial charge on any atom is -0.368 e. The van der Waals surface area contributed by atoms with Gasteiger partial charge in [-0.25, -0.2) is 15.0 Å². The number of carbonyl (C=O) groups excluding carboxylic acids is 1. The van der Waals surface area contributed by atoms with E-state index in [0.717, 1.165) is 41.3 Å².